The summed E-state index contributed by atoms with van der Waals surface area (Å²) in [7, 11) is -3.08. The van der Waals surface area contributed by atoms with Gasteiger partial charge in [-0.1, -0.05) is 0 Å². The molecule has 0 spiro atoms. The van der Waals surface area contributed by atoms with Crippen LogP contribution in [-0.4, -0.2) is 30.9 Å². The van der Waals surface area contributed by atoms with Crippen LogP contribution in [0.1, 0.15) is 11.9 Å². The maximum Gasteiger partial charge on any atom is 0.151 e. The molecule has 0 aliphatic carbocycles. The molecule has 0 saturated heterocycles. The highest BCUT2D eigenvalue weighted by atomic mass is 32.2. The van der Waals surface area contributed by atoms with Crippen LogP contribution in [0, 0.1) is 0 Å². The number of nitrogens with zero attached hydrogens (tertiary/aromatic N) is 1. The first-order valence-electron chi connectivity index (χ1n) is 4.48. The minimum Gasteiger partial charge on any atom is -0.271 e. The molecule has 1 rings (SSSR count). The summed E-state index contributed by atoms with van der Waals surface area (Å²) in [6.07, 6.45) is 3.44. The van der Waals surface area contributed by atoms with Gasteiger partial charge in [0, 0.05) is 30.3 Å². The van der Waals surface area contributed by atoms with Crippen molar-refractivity contribution >= 4 is 21.2 Å². The highest BCUT2D eigenvalue weighted by Gasteiger charge is 2.25. The Morgan fingerprint density at radius 1 is 1.67 bits per heavy atom. The van der Waals surface area contributed by atoms with E-state index in [4.69, 9.17) is 5.84 Å². The van der Waals surface area contributed by atoms with Gasteiger partial charge in [-0.25, -0.2) is 13.4 Å². The summed E-state index contributed by atoms with van der Waals surface area (Å²) in [5.41, 5.74) is 2.53. The van der Waals surface area contributed by atoms with Gasteiger partial charge < -0.3 is 0 Å². The highest BCUT2D eigenvalue weighted by Crippen LogP contribution is 2.12. The molecule has 0 aliphatic rings. The maximum atomic E-state index is 11.3. The number of thiazole rings is 1. The third-order valence-corrected chi connectivity index (χ3v) is 4.82. The number of hydrogen-bond acceptors (Lipinski definition) is 6. The normalized spacial score (nSPS) is 16.2. The van der Waals surface area contributed by atoms with E-state index < -0.39 is 15.1 Å². The van der Waals surface area contributed by atoms with Gasteiger partial charge in [0.25, 0.3) is 0 Å². The number of aromatic nitrogens is 1. The summed E-state index contributed by atoms with van der Waals surface area (Å²) in [5, 5.41) is 2.22. The Bertz CT molecular complexity index is 388. The van der Waals surface area contributed by atoms with Crippen molar-refractivity contribution in [1.82, 2.24) is 10.4 Å². The third-order valence-electron chi connectivity index (χ3n) is 2.33. The molecule has 1 heterocycles. The molecule has 1 aromatic heterocycles. The summed E-state index contributed by atoms with van der Waals surface area (Å²) >= 11 is 1.49. The van der Waals surface area contributed by atoms with Gasteiger partial charge in [-0.2, -0.15) is 0 Å². The minimum atomic E-state index is -3.08. The van der Waals surface area contributed by atoms with Crippen molar-refractivity contribution in [2.75, 3.05) is 6.26 Å². The van der Waals surface area contributed by atoms with Crippen molar-refractivity contribution in [3.63, 3.8) is 0 Å². The molecule has 0 amide bonds. The van der Waals surface area contributed by atoms with E-state index in [1.54, 1.807) is 13.1 Å². The van der Waals surface area contributed by atoms with Crippen molar-refractivity contribution in [3.05, 3.63) is 16.6 Å². The van der Waals surface area contributed by atoms with Gasteiger partial charge in [0.1, 0.15) is 0 Å². The third kappa shape index (κ3) is 3.53. The zero-order chi connectivity index (χ0) is 11.5. The Morgan fingerprint density at radius 2 is 2.33 bits per heavy atom. The fourth-order valence-electron chi connectivity index (χ4n) is 1.20. The molecule has 0 fully saturated rings. The van der Waals surface area contributed by atoms with Crippen LogP contribution in [0.5, 0.6) is 0 Å². The molecule has 5 nitrogen and oxygen atoms in total. The first-order chi connectivity index (χ1) is 6.95. The molecule has 3 N–H and O–H groups in total. The topological polar surface area (TPSA) is 85.1 Å². The van der Waals surface area contributed by atoms with Crippen LogP contribution in [0.15, 0.2) is 11.6 Å². The van der Waals surface area contributed by atoms with E-state index in [0.717, 1.165) is 5.01 Å². The van der Waals surface area contributed by atoms with Crippen LogP contribution in [0.4, 0.5) is 0 Å². The van der Waals surface area contributed by atoms with Gasteiger partial charge in [0.2, 0.25) is 0 Å². The van der Waals surface area contributed by atoms with Crippen molar-refractivity contribution < 1.29 is 8.42 Å². The second-order valence-corrected chi connectivity index (χ2v) is 6.82. The molecule has 1 aromatic rings. The number of sulfone groups is 1. The molecule has 0 radical (unpaired) electrons. The fraction of sp³-hybridized carbons (Fsp3) is 0.625. The van der Waals surface area contributed by atoms with E-state index in [1.807, 2.05) is 5.38 Å². The number of rotatable bonds is 5. The van der Waals surface area contributed by atoms with Gasteiger partial charge in [0.05, 0.1) is 10.3 Å². The second kappa shape index (κ2) is 5.02. The highest BCUT2D eigenvalue weighted by molar-refractivity contribution is 7.91. The fourth-order valence-corrected chi connectivity index (χ4v) is 2.65. The van der Waals surface area contributed by atoms with Crippen molar-refractivity contribution in [1.29, 1.82) is 0 Å². The van der Waals surface area contributed by atoms with E-state index in [1.165, 1.54) is 17.6 Å². The lowest BCUT2D eigenvalue weighted by Crippen LogP contribution is -2.47. The van der Waals surface area contributed by atoms with Gasteiger partial charge in [-0.05, 0) is 6.92 Å². The Hall–Kier alpha value is -0.500. The number of nitrogens with one attached hydrogen (secondary N) is 1. The van der Waals surface area contributed by atoms with E-state index in [2.05, 4.69) is 10.4 Å². The molecule has 0 bridgehead atoms. The van der Waals surface area contributed by atoms with Crippen molar-refractivity contribution in [3.8, 4) is 0 Å². The number of hydrazine groups is 1. The molecule has 15 heavy (non-hydrogen) atoms. The average molecular weight is 249 g/mol. The van der Waals surface area contributed by atoms with E-state index in [0.29, 0.717) is 6.42 Å². The molecule has 0 saturated carbocycles. The summed E-state index contributed by atoms with van der Waals surface area (Å²) < 4.78 is 22.7. The van der Waals surface area contributed by atoms with Gasteiger partial charge >= 0.3 is 0 Å². The first-order valence-corrected chi connectivity index (χ1v) is 7.32. The predicted octanol–water partition coefficient (Wildman–Crippen LogP) is -0.0494. The van der Waals surface area contributed by atoms with Crippen LogP contribution in [0.3, 0.4) is 0 Å². The number of nitrogens with two attached hydrogens (primary N) is 1. The first kappa shape index (κ1) is 12.6. The Balaban J connectivity index is 2.73. The molecule has 7 heteroatoms. The van der Waals surface area contributed by atoms with Gasteiger partial charge in [-0.15, -0.1) is 11.3 Å². The molecule has 2 unspecified atom stereocenters. The van der Waals surface area contributed by atoms with E-state index in [9.17, 15) is 8.42 Å². The molecule has 0 aromatic carbocycles. The molecule has 2 atom stereocenters. The number of hydrogen-bond donors (Lipinski definition) is 2. The zero-order valence-corrected chi connectivity index (χ0v) is 10.3. The van der Waals surface area contributed by atoms with Crippen LogP contribution >= 0.6 is 11.3 Å². The van der Waals surface area contributed by atoms with Gasteiger partial charge in [-0.3, -0.25) is 11.3 Å². The SMILES string of the molecule is CC(C(Cc1nccs1)NN)S(C)(=O)=O. The lowest BCUT2D eigenvalue weighted by molar-refractivity contribution is 0.493. The Kier molecular flexibility index (Phi) is 4.21. The van der Waals surface area contributed by atoms with E-state index in [-0.39, 0.29) is 6.04 Å². The summed E-state index contributed by atoms with van der Waals surface area (Å²) in [5.74, 6) is 5.35. The summed E-state index contributed by atoms with van der Waals surface area (Å²) in [4.78, 5) is 4.10. The standard InChI is InChI=1S/C8H15N3O2S2/c1-6(15(2,12)13)7(11-9)5-8-10-3-4-14-8/h3-4,6-7,11H,5,9H2,1-2H3. The van der Waals surface area contributed by atoms with Crippen LogP contribution in [-0.2, 0) is 16.3 Å². The van der Waals surface area contributed by atoms with E-state index >= 15 is 0 Å². The van der Waals surface area contributed by atoms with Crippen LogP contribution < -0.4 is 11.3 Å². The average Bonchev–Trinajstić information content (AvgIpc) is 2.64. The largest absolute Gasteiger partial charge is 0.271 e. The maximum absolute atomic E-state index is 11.3. The summed E-state index contributed by atoms with van der Waals surface area (Å²) in [6, 6.07) is -0.300. The molecular weight excluding hydrogens is 234 g/mol. The quantitative estimate of drug-likeness (QED) is 0.564. The van der Waals surface area contributed by atoms with Gasteiger partial charge in [0.15, 0.2) is 9.84 Å². The lowest BCUT2D eigenvalue weighted by atomic mass is 10.2. The zero-order valence-electron chi connectivity index (χ0n) is 8.67. The lowest BCUT2D eigenvalue weighted by Gasteiger charge is -2.20. The Labute approximate surface area is 93.6 Å². The monoisotopic (exact) mass is 249 g/mol. The van der Waals surface area contributed by atoms with Crippen molar-refractivity contribution in [2.24, 2.45) is 5.84 Å². The Morgan fingerprint density at radius 3 is 2.73 bits per heavy atom. The predicted molar refractivity (Wildman–Crippen MR) is 61.2 cm³/mol. The minimum absolute atomic E-state index is 0.300. The van der Waals surface area contributed by atoms with Crippen molar-refractivity contribution in [2.45, 2.75) is 24.6 Å². The molecular formula is C8H15N3O2S2. The molecule has 0 aliphatic heterocycles. The molecule has 86 valence electrons. The smallest absolute Gasteiger partial charge is 0.151 e. The summed E-state index contributed by atoms with van der Waals surface area (Å²) in [6.45, 7) is 1.65. The van der Waals surface area contributed by atoms with Crippen LogP contribution in [0.2, 0.25) is 0 Å². The second-order valence-electron chi connectivity index (χ2n) is 3.44. The van der Waals surface area contributed by atoms with Crippen LogP contribution in [0.25, 0.3) is 0 Å².